The van der Waals surface area contributed by atoms with E-state index in [1.807, 2.05) is 0 Å². The van der Waals surface area contributed by atoms with Crippen molar-refractivity contribution in [2.75, 3.05) is 138 Å². The molecule has 24 nitrogen and oxygen atoms in total. The summed E-state index contributed by atoms with van der Waals surface area (Å²) in [6.45, 7) is 7.72. The number of hydrogen-bond acceptors (Lipinski definition) is 24. The molecular weight excluding hydrogens is 876 g/mol. The molecule has 0 aliphatic carbocycles. The monoisotopic (exact) mass is 955 g/mol. The summed E-state index contributed by atoms with van der Waals surface area (Å²) in [6, 6.07) is 0. The summed E-state index contributed by atoms with van der Waals surface area (Å²) in [7, 11) is 14.4. The zero-order valence-corrected chi connectivity index (χ0v) is 42.0. The summed E-state index contributed by atoms with van der Waals surface area (Å²) in [6.07, 6.45) is 14.8. The van der Waals surface area contributed by atoms with Crippen LogP contribution in [0.15, 0.2) is 0 Å². The Kier molecular flexibility index (Phi) is 27.6. The third-order valence-electron chi connectivity index (χ3n) is 10.6. The Morgan fingerprint density at radius 2 is 0.463 bits per heavy atom. The van der Waals surface area contributed by atoms with Crippen LogP contribution in [0, 0.1) is 0 Å². The summed E-state index contributed by atoms with van der Waals surface area (Å²) >= 11 is 0. The molecule has 4 aromatic rings. The Morgan fingerprint density at radius 3 is 0.672 bits per heavy atom. The molecule has 0 aliphatic rings. The predicted octanol–water partition coefficient (Wildman–Crippen LogP) is 3.75. The number of anilines is 8. The van der Waals surface area contributed by atoms with E-state index in [4.69, 9.17) is 0 Å². The first-order chi connectivity index (χ1) is 32.3. The molecule has 25 heteroatoms. The van der Waals surface area contributed by atoms with Gasteiger partial charge in [0.2, 0.25) is 47.6 Å². The first-order valence-corrected chi connectivity index (χ1v) is 23.6. The lowest BCUT2D eigenvalue weighted by atomic mass is 10.1. The van der Waals surface area contributed by atoms with E-state index in [-0.39, 0.29) is 12.4 Å². The van der Waals surface area contributed by atoms with Crippen LogP contribution in [0.5, 0.6) is 0 Å². The molecule has 0 aromatic carbocycles. The van der Waals surface area contributed by atoms with Crippen LogP contribution in [0.1, 0.15) is 100 Å². The summed E-state index contributed by atoms with van der Waals surface area (Å²) in [5, 5.41) is 31.5. The van der Waals surface area contributed by atoms with Crippen LogP contribution in [0.2, 0.25) is 0 Å². The number of nitrogens with zero attached hydrogens (tertiary/aromatic N) is 14. The SMILES string of the molecule is CNc1nc(CN(CCCNCCCCCCCCCCCCNCCCN(Cc2nc(NC)nc(NC)n2)Cc2nc(NC)nc(NC)n2)Cc2nc(NC)nc(NC)n2)nc(NC)n1.Cl. The maximum atomic E-state index is 4.59. The second kappa shape index (κ2) is 33.1. The molecule has 0 aliphatic heterocycles. The van der Waals surface area contributed by atoms with E-state index in [0.717, 1.165) is 52.1 Å². The molecule has 4 aromatic heterocycles. The molecule has 0 amide bonds. The molecule has 10 N–H and O–H groups in total. The molecule has 0 bridgehead atoms. The van der Waals surface area contributed by atoms with Crippen LogP contribution in [0.4, 0.5) is 47.6 Å². The van der Waals surface area contributed by atoms with Crippen molar-refractivity contribution in [2.24, 2.45) is 0 Å². The highest BCUT2D eigenvalue weighted by molar-refractivity contribution is 5.85. The Morgan fingerprint density at radius 1 is 0.269 bits per heavy atom. The van der Waals surface area contributed by atoms with Gasteiger partial charge >= 0.3 is 0 Å². The van der Waals surface area contributed by atoms with Crippen LogP contribution < -0.4 is 53.2 Å². The highest BCUT2D eigenvalue weighted by Gasteiger charge is 2.17. The van der Waals surface area contributed by atoms with Gasteiger partial charge in [0.25, 0.3) is 0 Å². The minimum Gasteiger partial charge on any atom is -0.357 e. The maximum Gasteiger partial charge on any atom is 0.227 e. The lowest BCUT2D eigenvalue weighted by molar-refractivity contribution is 0.240. The fourth-order valence-electron chi connectivity index (χ4n) is 7.10. The van der Waals surface area contributed by atoms with E-state index < -0.39 is 0 Å². The van der Waals surface area contributed by atoms with Gasteiger partial charge in [0.1, 0.15) is 23.3 Å². The largest absolute Gasteiger partial charge is 0.357 e. The van der Waals surface area contributed by atoms with Gasteiger partial charge in [-0.2, -0.15) is 59.8 Å². The van der Waals surface area contributed by atoms with Crippen LogP contribution >= 0.6 is 12.4 Å². The van der Waals surface area contributed by atoms with Crippen LogP contribution in [0.25, 0.3) is 0 Å². The van der Waals surface area contributed by atoms with Gasteiger partial charge in [0.05, 0.1) is 26.2 Å². The van der Waals surface area contributed by atoms with Gasteiger partial charge in [-0.3, -0.25) is 9.80 Å². The number of aromatic nitrogens is 12. The van der Waals surface area contributed by atoms with E-state index >= 15 is 0 Å². The van der Waals surface area contributed by atoms with Crippen molar-refractivity contribution < 1.29 is 0 Å². The second-order valence-corrected chi connectivity index (χ2v) is 15.8. The molecule has 4 rings (SSSR count). The topological polar surface area (TPSA) is 281 Å². The fourth-order valence-corrected chi connectivity index (χ4v) is 7.10. The molecule has 0 fully saturated rings. The minimum absolute atomic E-state index is 0. The van der Waals surface area contributed by atoms with Gasteiger partial charge in [-0.05, 0) is 51.9 Å². The van der Waals surface area contributed by atoms with Crippen molar-refractivity contribution in [3.05, 3.63) is 23.3 Å². The lowest BCUT2D eigenvalue weighted by Crippen LogP contribution is -2.29. The van der Waals surface area contributed by atoms with Crippen molar-refractivity contribution >= 4 is 60.0 Å². The van der Waals surface area contributed by atoms with E-state index in [1.54, 1.807) is 56.4 Å². The Hall–Kier alpha value is -5.43. The Balaban J connectivity index is 0.0000119. The smallest absolute Gasteiger partial charge is 0.227 e. The third-order valence-corrected chi connectivity index (χ3v) is 10.6. The molecule has 374 valence electrons. The van der Waals surface area contributed by atoms with Gasteiger partial charge < -0.3 is 53.2 Å². The quantitative estimate of drug-likeness (QED) is 0.0288. The van der Waals surface area contributed by atoms with Crippen molar-refractivity contribution in [3.63, 3.8) is 0 Å². The fraction of sp³-hybridized carbons (Fsp3) is 0.714. The van der Waals surface area contributed by atoms with Crippen LogP contribution in [-0.2, 0) is 26.2 Å². The average Bonchev–Trinajstić information content (AvgIpc) is 3.34. The van der Waals surface area contributed by atoms with E-state index in [9.17, 15) is 0 Å². The summed E-state index contributed by atoms with van der Waals surface area (Å²) in [5.74, 6) is 6.90. The van der Waals surface area contributed by atoms with Crippen LogP contribution in [0.3, 0.4) is 0 Å². The van der Waals surface area contributed by atoms with Crippen molar-refractivity contribution in [1.82, 2.24) is 80.2 Å². The zero-order chi connectivity index (χ0) is 47.2. The molecule has 67 heavy (non-hydrogen) atoms. The third kappa shape index (κ3) is 21.8. The van der Waals surface area contributed by atoms with Crippen LogP contribution in [-0.4, -0.2) is 165 Å². The maximum absolute atomic E-state index is 4.59. The van der Waals surface area contributed by atoms with Gasteiger partial charge in [0, 0.05) is 69.5 Å². The van der Waals surface area contributed by atoms with Gasteiger partial charge in [-0.1, -0.05) is 51.4 Å². The molecule has 0 unspecified atom stereocenters. The summed E-state index contributed by atoms with van der Waals surface area (Å²) < 4.78 is 0. The standard InChI is InChI=1S/C42H78N24.ClH/c1-43-35-53-31(54-36(44-2)61-35)27-65(28-32-55-37(45-3)62-38(46-4)56-32)25-19-23-51-21-17-15-13-11-9-10-12-14-16-18-22-52-24-20-26-66(29-33-57-39(47-5)63-40(48-6)58-33)30-34-59-41(49-7)64-42(50-8)60-34;/h51-52H,9-30H2,1-8H3,(H2,43,44,53,54,61)(H2,45,46,55,56,62)(H2,47,48,57,58,63)(H2,49,50,59,60,64);1H. The minimum atomic E-state index is 0. The van der Waals surface area contributed by atoms with Crippen molar-refractivity contribution in [1.29, 1.82) is 0 Å². The highest BCUT2D eigenvalue weighted by atomic mass is 35.5. The zero-order valence-electron chi connectivity index (χ0n) is 41.2. The first-order valence-electron chi connectivity index (χ1n) is 23.6. The first kappa shape index (κ1) is 55.9. The number of hydrogen-bond donors (Lipinski definition) is 10. The number of halogens is 1. The van der Waals surface area contributed by atoms with Gasteiger partial charge in [-0.25, -0.2) is 0 Å². The number of unbranched alkanes of at least 4 members (excludes halogenated alkanes) is 9. The average molecular weight is 956 g/mol. The number of nitrogens with one attached hydrogen (secondary N) is 10. The molecule has 0 saturated heterocycles. The molecule has 4 heterocycles. The molecular formula is C42H79ClN24. The second-order valence-electron chi connectivity index (χ2n) is 15.8. The Bertz CT molecular complexity index is 1600. The van der Waals surface area contributed by atoms with E-state index in [1.165, 1.54) is 64.2 Å². The molecule has 0 atom stereocenters. The van der Waals surface area contributed by atoms with Crippen molar-refractivity contribution in [3.8, 4) is 0 Å². The Labute approximate surface area is 403 Å². The van der Waals surface area contributed by atoms with E-state index in [0.29, 0.717) is 97.1 Å². The number of rotatable bonds is 37. The summed E-state index contributed by atoms with van der Waals surface area (Å²) in [4.78, 5) is 58.7. The van der Waals surface area contributed by atoms with Gasteiger partial charge in [-0.15, -0.1) is 12.4 Å². The van der Waals surface area contributed by atoms with Crippen molar-refractivity contribution in [2.45, 2.75) is 103 Å². The predicted molar refractivity (Wildman–Crippen MR) is 272 cm³/mol. The van der Waals surface area contributed by atoms with E-state index in [2.05, 4.69) is 123 Å². The molecule has 0 spiro atoms. The lowest BCUT2D eigenvalue weighted by Gasteiger charge is -2.21. The summed E-state index contributed by atoms with van der Waals surface area (Å²) in [5.41, 5.74) is 0. The molecule has 0 saturated carbocycles. The van der Waals surface area contributed by atoms with Gasteiger partial charge in [0.15, 0.2) is 0 Å². The molecule has 0 radical (unpaired) electrons. The normalized spacial score (nSPS) is 11.1. The highest BCUT2D eigenvalue weighted by Crippen LogP contribution is 2.15.